The van der Waals surface area contributed by atoms with E-state index in [-0.39, 0.29) is 11.3 Å². The van der Waals surface area contributed by atoms with Crippen LogP contribution in [-0.2, 0) is 0 Å². The molecule has 0 radical (unpaired) electrons. The van der Waals surface area contributed by atoms with Gasteiger partial charge < -0.3 is 4.98 Å². The summed E-state index contributed by atoms with van der Waals surface area (Å²) in [4.78, 5) is 33.1. The first-order valence-corrected chi connectivity index (χ1v) is 7.49. The fraction of sp³-hybridized carbons (Fsp3) is 0.0556. The largest absolute Gasteiger partial charge is 0.319 e. The highest BCUT2D eigenvalue weighted by atomic mass is 16.1. The number of anilines is 1. The van der Waals surface area contributed by atoms with Crippen LogP contribution in [0.3, 0.4) is 0 Å². The van der Waals surface area contributed by atoms with Gasteiger partial charge >= 0.3 is 0 Å². The number of carbonyl (C=O) groups is 1. The van der Waals surface area contributed by atoms with Crippen molar-refractivity contribution in [1.29, 1.82) is 0 Å². The van der Waals surface area contributed by atoms with Gasteiger partial charge in [-0.3, -0.25) is 18.9 Å². The number of ketones is 1. The van der Waals surface area contributed by atoms with Crippen molar-refractivity contribution in [3.63, 3.8) is 0 Å². The van der Waals surface area contributed by atoms with Gasteiger partial charge in [0.2, 0.25) is 5.95 Å². The van der Waals surface area contributed by atoms with Gasteiger partial charge in [0, 0.05) is 18.0 Å². The van der Waals surface area contributed by atoms with Crippen molar-refractivity contribution in [2.24, 2.45) is 0 Å². The van der Waals surface area contributed by atoms with E-state index in [1.54, 1.807) is 22.6 Å². The monoisotopic (exact) mass is 318 g/mol. The van der Waals surface area contributed by atoms with Crippen LogP contribution in [0, 0.1) is 0 Å². The Morgan fingerprint density at radius 3 is 2.54 bits per heavy atom. The van der Waals surface area contributed by atoms with Crippen molar-refractivity contribution < 1.29 is 4.79 Å². The van der Waals surface area contributed by atoms with Crippen LogP contribution in [-0.4, -0.2) is 20.2 Å². The third kappa shape index (κ3) is 2.16. The quantitative estimate of drug-likeness (QED) is 0.738. The van der Waals surface area contributed by atoms with E-state index >= 15 is 0 Å². The van der Waals surface area contributed by atoms with Gasteiger partial charge in [-0.2, -0.15) is 0 Å². The first-order chi connectivity index (χ1) is 11.6. The van der Waals surface area contributed by atoms with Crippen molar-refractivity contribution in [1.82, 2.24) is 14.4 Å². The molecule has 0 atom stereocenters. The van der Waals surface area contributed by atoms with Crippen LogP contribution >= 0.6 is 0 Å². The summed E-state index contributed by atoms with van der Waals surface area (Å²) in [6.45, 7) is 1.52. The second kappa shape index (κ2) is 5.34. The molecule has 0 spiro atoms. The summed E-state index contributed by atoms with van der Waals surface area (Å²) in [6.07, 6.45) is 12.8. The highest BCUT2D eigenvalue weighted by Gasteiger charge is 2.15. The molecule has 1 aliphatic rings. The summed E-state index contributed by atoms with van der Waals surface area (Å²) in [5, 5.41) is 0. The number of hydrogen-bond acceptors (Lipinski definition) is 4. The van der Waals surface area contributed by atoms with E-state index in [2.05, 4.69) is 9.97 Å². The van der Waals surface area contributed by atoms with Crippen molar-refractivity contribution in [3.8, 4) is 0 Å². The first kappa shape index (κ1) is 14.2. The van der Waals surface area contributed by atoms with Gasteiger partial charge in [-0.1, -0.05) is 12.2 Å². The SMILES string of the molecule is CC(=O)c1ccc2[nH]c(=O)c3cnc(N4C=CC=CC=C4)n3c2c1. The lowest BCUT2D eigenvalue weighted by Gasteiger charge is -2.14. The number of H-pyrrole nitrogens is 1. The van der Waals surface area contributed by atoms with Crippen LogP contribution in [0.5, 0.6) is 0 Å². The Hall–Kier alpha value is -3.41. The number of fused-ring (bicyclic) bond motifs is 3. The molecule has 4 rings (SSSR count). The third-order valence-electron chi connectivity index (χ3n) is 3.93. The normalized spacial score (nSPS) is 13.8. The van der Waals surface area contributed by atoms with Gasteiger partial charge in [0.25, 0.3) is 5.56 Å². The third-order valence-corrected chi connectivity index (χ3v) is 3.93. The molecule has 0 unspecified atom stereocenters. The topological polar surface area (TPSA) is 70.5 Å². The maximum absolute atomic E-state index is 12.3. The van der Waals surface area contributed by atoms with Gasteiger partial charge in [0.1, 0.15) is 5.52 Å². The first-order valence-electron chi connectivity index (χ1n) is 7.49. The molecule has 118 valence electrons. The zero-order valence-corrected chi connectivity index (χ0v) is 12.9. The molecule has 0 bridgehead atoms. The van der Waals surface area contributed by atoms with Crippen LogP contribution in [0.1, 0.15) is 17.3 Å². The summed E-state index contributed by atoms with van der Waals surface area (Å²) < 4.78 is 1.76. The van der Waals surface area contributed by atoms with Crippen LogP contribution < -0.4 is 10.5 Å². The van der Waals surface area contributed by atoms with Gasteiger partial charge in [-0.05, 0) is 37.3 Å². The molecule has 1 aromatic carbocycles. The van der Waals surface area contributed by atoms with E-state index < -0.39 is 0 Å². The van der Waals surface area contributed by atoms with Crippen LogP contribution in [0.15, 0.2) is 65.9 Å². The molecule has 0 fully saturated rings. The number of aromatic nitrogens is 3. The molecule has 1 N–H and O–H groups in total. The molecular formula is C18H14N4O2. The number of nitrogens with zero attached hydrogens (tertiary/aromatic N) is 3. The molecule has 0 saturated heterocycles. The molecule has 2 aromatic heterocycles. The molecular weight excluding hydrogens is 304 g/mol. The number of carbonyl (C=O) groups excluding carboxylic acids is 1. The lowest BCUT2D eigenvalue weighted by Crippen LogP contribution is -2.15. The average Bonchev–Trinajstić information content (AvgIpc) is 2.84. The summed E-state index contributed by atoms with van der Waals surface area (Å²) >= 11 is 0. The second-order valence-corrected chi connectivity index (χ2v) is 5.50. The second-order valence-electron chi connectivity index (χ2n) is 5.50. The Labute approximate surface area is 137 Å². The van der Waals surface area contributed by atoms with Gasteiger partial charge in [-0.15, -0.1) is 0 Å². The van der Waals surface area contributed by atoms with E-state index in [0.29, 0.717) is 22.5 Å². The Kier molecular flexibility index (Phi) is 3.16. The summed E-state index contributed by atoms with van der Waals surface area (Å²) in [7, 11) is 0. The number of imidazole rings is 1. The van der Waals surface area contributed by atoms with E-state index in [9.17, 15) is 9.59 Å². The van der Waals surface area contributed by atoms with E-state index in [1.807, 2.05) is 41.6 Å². The number of hydrogen-bond donors (Lipinski definition) is 1. The number of nitrogens with one attached hydrogen (secondary N) is 1. The number of rotatable bonds is 2. The maximum atomic E-state index is 12.3. The van der Waals surface area contributed by atoms with Crippen LogP contribution in [0.4, 0.5) is 5.95 Å². The molecule has 0 aliphatic carbocycles. The number of benzene rings is 1. The minimum atomic E-state index is -0.224. The lowest BCUT2D eigenvalue weighted by molar-refractivity contribution is 0.101. The highest BCUT2D eigenvalue weighted by molar-refractivity contribution is 5.97. The Morgan fingerprint density at radius 2 is 1.83 bits per heavy atom. The van der Waals surface area contributed by atoms with Crippen molar-refractivity contribution in [3.05, 3.63) is 77.0 Å². The van der Waals surface area contributed by atoms with Crippen LogP contribution in [0.25, 0.3) is 16.6 Å². The molecule has 3 heterocycles. The Bertz CT molecular complexity index is 1100. The predicted octanol–water partition coefficient (Wildman–Crippen LogP) is 2.78. The summed E-state index contributed by atoms with van der Waals surface area (Å²) in [5.74, 6) is 0.551. The number of allylic oxidation sites excluding steroid dienone is 4. The van der Waals surface area contributed by atoms with E-state index in [1.165, 1.54) is 13.1 Å². The fourth-order valence-electron chi connectivity index (χ4n) is 2.75. The predicted molar refractivity (Wildman–Crippen MR) is 93.2 cm³/mol. The molecule has 0 saturated carbocycles. The smallest absolute Gasteiger partial charge is 0.274 e. The van der Waals surface area contributed by atoms with Crippen molar-refractivity contribution in [2.75, 3.05) is 4.90 Å². The molecule has 6 heteroatoms. The minimum Gasteiger partial charge on any atom is -0.319 e. The molecule has 24 heavy (non-hydrogen) atoms. The van der Waals surface area contributed by atoms with Gasteiger partial charge in [0.05, 0.1) is 17.2 Å². The van der Waals surface area contributed by atoms with Gasteiger partial charge in [0.15, 0.2) is 5.78 Å². The maximum Gasteiger partial charge on any atom is 0.274 e. The zero-order chi connectivity index (χ0) is 16.7. The van der Waals surface area contributed by atoms with Crippen molar-refractivity contribution >= 4 is 28.3 Å². The van der Waals surface area contributed by atoms with Crippen LogP contribution in [0.2, 0.25) is 0 Å². The molecule has 6 nitrogen and oxygen atoms in total. The molecule has 3 aromatic rings. The fourth-order valence-corrected chi connectivity index (χ4v) is 2.75. The van der Waals surface area contributed by atoms with E-state index in [4.69, 9.17) is 0 Å². The van der Waals surface area contributed by atoms with Crippen molar-refractivity contribution in [2.45, 2.75) is 6.92 Å². The average molecular weight is 318 g/mol. The standard InChI is InChI=1S/C18H14N4O2/c1-12(23)13-6-7-14-15(10-13)22-16(17(24)20-14)11-19-18(22)21-8-4-2-3-5-9-21/h2-11H,1H3,(H,20,24). The Balaban J connectivity index is 2.08. The van der Waals surface area contributed by atoms with E-state index in [0.717, 1.165) is 5.52 Å². The Morgan fingerprint density at radius 1 is 1.08 bits per heavy atom. The summed E-state index contributed by atoms with van der Waals surface area (Å²) in [6, 6.07) is 5.22. The van der Waals surface area contributed by atoms with Gasteiger partial charge in [-0.25, -0.2) is 4.98 Å². The molecule has 1 aliphatic heterocycles. The lowest BCUT2D eigenvalue weighted by atomic mass is 10.1. The highest BCUT2D eigenvalue weighted by Crippen LogP contribution is 2.22. The molecule has 0 amide bonds. The number of aromatic amines is 1. The number of Topliss-reactive ketones (excluding diaryl/α,β-unsaturated/α-hetero) is 1. The summed E-state index contributed by atoms with van der Waals surface area (Å²) in [5.41, 5.74) is 2.16. The minimum absolute atomic E-state index is 0.0309. The zero-order valence-electron chi connectivity index (χ0n) is 12.9.